The van der Waals surface area contributed by atoms with Crippen molar-refractivity contribution >= 4 is 17.6 Å². The van der Waals surface area contributed by atoms with Crippen LogP contribution in [-0.4, -0.2) is 29.6 Å². The van der Waals surface area contributed by atoms with E-state index in [4.69, 9.17) is 5.73 Å². The summed E-state index contributed by atoms with van der Waals surface area (Å²) in [5.41, 5.74) is 6.43. The maximum absolute atomic E-state index is 11.2. The number of benzene rings is 1. The number of nitrogens with zero attached hydrogens (tertiary/aromatic N) is 1. The van der Waals surface area contributed by atoms with Crippen LogP contribution in [-0.2, 0) is 4.79 Å². The first-order chi connectivity index (χ1) is 8.59. The van der Waals surface area contributed by atoms with Gasteiger partial charge in [-0.3, -0.25) is 4.79 Å². The molecular weight excluding hydrogens is 232 g/mol. The largest absolute Gasteiger partial charge is 0.480 e. The minimum atomic E-state index is -0.798. The van der Waals surface area contributed by atoms with Crippen molar-refractivity contribution in [1.82, 2.24) is 0 Å². The lowest BCUT2D eigenvalue weighted by Gasteiger charge is -2.34. The number of nitrogens with two attached hydrogens (primary N) is 1. The van der Waals surface area contributed by atoms with Crippen molar-refractivity contribution in [3.63, 3.8) is 0 Å². The number of amides is 1. The first-order valence-electron chi connectivity index (χ1n) is 5.99. The Morgan fingerprint density at radius 2 is 1.89 bits per heavy atom. The Bertz CT molecular complexity index is 456. The van der Waals surface area contributed by atoms with Gasteiger partial charge in [0, 0.05) is 17.8 Å². The summed E-state index contributed by atoms with van der Waals surface area (Å²) in [6.07, 6.45) is 2.58. The van der Waals surface area contributed by atoms with Crippen LogP contribution in [0.4, 0.5) is 5.69 Å². The van der Waals surface area contributed by atoms with E-state index in [1.165, 1.54) is 0 Å². The molecule has 0 radical (unpaired) electrons. The Morgan fingerprint density at radius 3 is 2.44 bits per heavy atom. The van der Waals surface area contributed by atoms with Gasteiger partial charge in [-0.15, -0.1) is 0 Å². The van der Waals surface area contributed by atoms with E-state index in [-0.39, 0.29) is 0 Å². The van der Waals surface area contributed by atoms with Crippen molar-refractivity contribution in [2.45, 2.75) is 25.3 Å². The van der Waals surface area contributed by atoms with E-state index < -0.39 is 17.9 Å². The Morgan fingerprint density at radius 1 is 1.22 bits per heavy atom. The summed E-state index contributed by atoms with van der Waals surface area (Å²) in [6.45, 7) is 0.729. The number of anilines is 1. The van der Waals surface area contributed by atoms with Crippen molar-refractivity contribution < 1.29 is 14.7 Å². The van der Waals surface area contributed by atoms with Crippen molar-refractivity contribution in [3.05, 3.63) is 29.8 Å². The first-order valence-corrected chi connectivity index (χ1v) is 5.99. The van der Waals surface area contributed by atoms with Crippen LogP contribution in [0.3, 0.4) is 0 Å². The van der Waals surface area contributed by atoms with E-state index in [0.29, 0.717) is 12.0 Å². The number of carbonyl (C=O) groups is 2. The van der Waals surface area contributed by atoms with Crippen molar-refractivity contribution in [3.8, 4) is 0 Å². The van der Waals surface area contributed by atoms with Crippen molar-refractivity contribution in [2.75, 3.05) is 11.4 Å². The van der Waals surface area contributed by atoms with Gasteiger partial charge < -0.3 is 15.7 Å². The summed E-state index contributed by atoms with van der Waals surface area (Å²) in [5, 5.41) is 9.20. The average molecular weight is 248 g/mol. The highest BCUT2D eigenvalue weighted by Gasteiger charge is 2.28. The molecule has 1 heterocycles. The van der Waals surface area contributed by atoms with Crippen LogP contribution in [0.25, 0.3) is 0 Å². The summed E-state index contributed by atoms with van der Waals surface area (Å²) in [4.78, 5) is 24.0. The molecule has 1 aliphatic heterocycles. The number of hydrogen-bond donors (Lipinski definition) is 2. The van der Waals surface area contributed by atoms with Gasteiger partial charge in [0.05, 0.1) is 0 Å². The van der Waals surface area contributed by atoms with E-state index in [1.807, 2.05) is 4.90 Å². The lowest BCUT2D eigenvalue weighted by molar-refractivity contribution is -0.139. The fraction of sp³-hybridized carbons (Fsp3) is 0.385. The predicted octanol–water partition coefficient (Wildman–Crippen LogP) is 1.23. The quantitative estimate of drug-likeness (QED) is 0.842. The molecule has 0 bridgehead atoms. The van der Waals surface area contributed by atoms with Crippen LogP contribution in [0.15, 0.2) is 24.3 Å². The molecule has 0 aromatic heterocycles. The highest BCUT2D eigenvalue weighted by molar-refractivity contribution is 5.93. The standard InChI is InChI=1S/C13H16N2O3/c14-12(16)9-4-6-10(7-5-9)15-8-2-1-3-11(15)13(17)18/h4-7,11H,1-3,8H2,(H2,14,16)(H,17,18). The summed E-state index contributed by atoms with van der Waals surface area (Å²) in [7, 11) is 0. The molecule has 0 spiro atoms. The number of carboxylic acid groups (broad SMARTS) is 1. The number of primary amides is 1. The number of aliphatic carboxylic acids is 1. The smallest absolute Gasteiger partial charge is 0.326 e. The molecule has 1 unspecified atom stereocenters. The molecule has 1 fully saturated rings. The number of hydrogen-bond acceptors (Lipinski definition) is 3. The molecule has 1 amide bonds. The van der Waals surface area contributed by atoms with E-state index in [0.717, 1.165) is 25.1 Å². The summed E-state index contributed by atoms with van der Waals surface area (Å²) < 4.78 is 0. The van der Waals surface area contributed by atoms with Gasteiger partial charge in [-0.05, 0) is 43.5 Å². The molecule has 96 valence electrons. The minimum Gasteiger partial charge on any atom is -0.480 e. The molecule has 1 aliphatic rings. The van der Waals surface area contributed by atoms with Crippen LogP contribution in [0.2, 0.25) is 0 Å². The monoisotopic (exact) mass is 248 g/mol. The number of piperidine rings is 1. The van der Waals surface area contributed by atoms with Crippen molar-refractivity contribution in [2.24, 2.45) is 5.73 Å². The topological polar surface area (TPSA) is 83.6 Å². The molecular formula is C13H16N2O3. The van der Waals surface area contributed by atoms with Gasteiger partial charge in [0.2, 0.25) is 5.91 Å². The zero-order valence-corrected chi connectivity index (χ0v) is 10.0. The Hall–Kier alpha value is -2.04. The molecule has 3 N–H and O–H groups in total. The summed E-state index contributed by atoms with van der Waals surface area (Å²) in [5.74, 6) is -1.27. The molecule has 5 heteroatoms. The molecule has 0 saturated carbocycles. The third-order valence-electron chi connectivity index (χ3n) is 3.27. The fourth-order valence-corrected chi connectivity index (χ4v) is 2.31. The Balaban J connectivity index is 2.23. The minimum absolute atomic E-state index is 0.433. The van der Waals surface area contributed by atoms with Gasteiger partial charge in [0.15, 0.2) is 0 Å². The van der Waals surface area contributed by atoms with E-state index in [9.17, 15) is 14.7 Å². The lowest BCUT2D eigenvalue weighted by atomic mass is 10.0. The third-order valence-corrected chi connectivity index (χ3v) is 3.27. The van der Waals surface area contributed by atoms with Crippen LogP contribution in [0.5, 0.6) is 0 Å². The molecule has 18 heavy (non-hydrogen) atoms. The van der Waals surface area contributed by atoms with Gasteiger partial charge in [0.1, 0.15) is 6.04 Å². The molecule has 1 aromatic carbocycles. The van der Waals surface area contributed by atoms with Crippen LogP contribution >= 0.6 is 0 Å². The maximum Gasteiger partial charge on any atom is 0.326 e. The molecule has 0 aliphatic carbocycles. The second kappa shape index (κ2) is 5.08. The van der Waals surface area contributed by atoms with Gasteiger partial charge in [-0.2, -0.15) is 0 Å². The van der Waals surface area contributed by atoms with Crippen LogP contribution in [0.1, 0.15) is 29.6 Å². The van der Waals surface area contributed by atoms with Gasteiger partial charge in [0.25, 0.3) is 0 Å². The van der Waals surface area contributed by atoms with Crippen molar-refractivity contribution in [1.29, 1.82) is 0 Å². The number of rotatable bonds is 3. The second-order valence-corrected chi connectivity index (χ2v) is 4.45. The molecule has 1 atom stereocenters. The summed E-state index contributed by atoms with van der Waals surface area (Å²) >= 11 is 0. The molecule has 5 nitrogen and oxygen atoms in total. The maximum atomic E-state index is 11.2. The zero-order chi connectivity index (χ0) is 13.1. The van der Waals surface area contributed by atoms with E-state index >= 15 is 0 Å². The normalized spacial score (nSPS) is 19.6. The first kappa shape index (κ1) is 12.4. The van der Waals surface area contributed by atoms with E-state index in [1.54, 1.807) is 24.3 Å². The number of carboxylic acids is 1. The highest BCUT2D eigenvalue weighted by Crippen LogP contribution is 2.25. The van der Waals surface area contributed by atoms with Gasteiger partial charge in [-0.25, -0.2) is 4.79 Å². The molecule has 2 rings (SSSR count). The Kier molecular flexibility index (Phi) is 3.50. The fourth-order valence-electron chi connectivity index (χ4n) is 2.31. The van der Waals surface area contributed by atoms with Gasteiger partial charge >= 0.3 is 5.97 Å². The SMILES string of the molecule is NC(=O)c1ccc(N2CCCCC2C(=O)O)cc1. The Labute approximate surface area is 105 Å². The predicted molar refractivity (Wildman–Crippen MR) is 67.6 cm³/mol. The lowest BCUT2D eigenvalue weighted by Crippen LogP contribution is -2.44. The second-order valence-electron chi connectivity index (χ2n) is 4.45. The van der Waals surface area contributed by atoms with Crippen LogP contribution < -0.4 is 10.6 Å². The summed E-state index contributed by atoms with van der Waals surface area (Å²) in [6, 6.07) is 6.29. The third kappa shape index (κ3) is 2.45. The molecule has 1 saturated heterocycles. The van der Waals surface area contributed by atoms with E-state index in [2.05, 4.69) is 0 Å². The van der Waals surface area contributed by atoms with Gasteiger partial charge in [-0.1, -0.05) is 0 Å². The number of carbonyl (C=O) groups excluding carboxylic acids is 1. The van der Waals surface area contributed by atoms with Crippen LogP contribution in [0, 0.1) is 0 Å². The molecule has 1 aromatic rings. The zero-order valence-electron chi connectivity index (χ0n) is 10.0. The highest BCUT2D eigenvalue weighted by atomic mass is 16.4. The average Bonchev–Trinajstić information content (AvgIpc) is 2.39.